The van der Waals surface area contributed by atoms with E-state index in [9.17, 15) is 15.4 Å². The number of hydrogen-bond acceptors (Lipinski definition) is 5. The SMILES string of the molecule is N#Cc1c(N)nc2ccc(Cl)cc2c1-c1ccc([N+](=O)[O-])cc1. The zero-order valence-corrected chi connectivity index (χ0v) is 12.4. The van der Waals surface area contributed by atoms with Crippen molar-refractivity contribution in [2.45, 2.75) is 0 Å². The number of pyridine rings is 1. The minimum Gasteiger partial charge on any atom is -0.383 e. The fraction of sp³-hybridized carbons (Fsp3) is 0. The Bertz CT molecular complexity index is 978. The molecular weight excluding hydrogens is 316 g/mol. The minimum absolute atomic E-state index is 0.0309. The number of hydrogen-bond donors (Lipinski definition) is 1. The summed E-state index contributed by atoms with van der Waals surface area (Å²) in [4.78, 5) is 14.5. The number of aromatic nitrogens is 1. The van der Waals surface area contributed by atoms with E-state index < -0.39 is 4.92 Å². The van der Waals surface area contributed by atoms with Gasteiger partial charge in [-0.25, -0.2) is 4.98 Å². The number of nitro groups is 1. The van der Waals surface area contributed by atoms with Crippen molar-refractivity contribution in [3.63, 3.8) is 0 Å². The molecule has 0 aliphatic rings. The predicted octanol–water partition coefficient (Wildman–Crippen LogP) is 3.92. The van der Waals surface area contributed by atoms with E-state index in [4.69, 9.17) is 17.3 Å². The number of halogens is 1. The maximum atomic E-state index is 10.8. The zero-order valence-electron chi connectivity index (χ0n) is 11.7. The van der Waals surface area contributed by atoms with Gasteiger partial charge in [0, 0.05) is 28.1 Å². The number of nitriles is 1. The number of benzene rings is 2. The van der Waals surface area contributed by atoms with Crippen molar-refractivity contribution in [3.05, 3.63) is 63.2 Å². The van der Waals surface area contributed by atoms with Gasteiger partial charge in [0.1, 0.15) is 17.5 Å². The number of fused-ring (bicyclic) bond motifs is 1. The van der Waals surface area contributed by atoms with Crippen molar-refractivity contribution >= 4 is 34.0 Å². The van der Waals surface area contributed by atoms with Crippen LogP contribution in [-0.4, -0.2) is 9.91 Å². The van der Waals surface area contributed by atoms with Crippen LogP contribution in [0.15, 0.2) is 42.5 Å². The highest BCUT2D eigenvalue weighted by atomic mass is 35.5. The van der Waals surface area contributed by atoms with E-state index in [1.807, 2.05) is 6.07 Å². The second-order valence-corrected chi connectivity index (χ2v) is 5.26. The quantitative estimate of drug-likeness (QED) is 0.568. The van der Waals surface area contributed by atoms with E-state index >= 15 is 0 Å². The molecule has 0 aliphatic heterocycles. The molecule has 1 aromatic heterocycles. The Labute approximate surface area is 135 Å². The second-order valence-electron chi connectivity index (χ2n) is 4.82. The standard InChI is InChI=1S/C16H9ClN4O2/c17-10-3-6-14-12(7-10)15(13(8-18)16(19)20-14)9-1-4-11(5-2-9)21(22)23/h1-7H,(H2,19,20). The Morgan fingerprint density at radius 2 is 1.91 bits per heavy atom. The van der Waals surface area contributed by atoms with Crippen LogP contribution in [-0.2, 0) is 0 Å². The highest BCUT2D eigenvalue weighted by Crippen LogP contribution is 2.35. The molecule has 0 amide bonds. The lowest BCUT2D eigenvalue weighted by molar-refractivity contribution is -0.384. The van der Waals surface area contributed by atoms with Crippen molar-refractivity contribution in [1.82, 2.24) is 4.98 Å². The Balaban J connectivity index is 2.36. The number of nitrogens with two attached hydrogens (primary N) is 1. The Morgan fingerprint density at radius 3 is 2.52 bits per heavy atom. The fourth-order valence-electron chi connectivity index (χ4n) is 2.42. The van der Waals surface area contributed by atoms with Gasteiger partial charge >= 0.3 is 0 Å². The third-order valence-corrected chi connectivity index (χ3v) is 3.69. The van der Waals surface area contributed by atoms with Gasteiger partial charge in [0.25, 0.3) is 5.69 Å². The van der Waals surface area contributed by atoms with Gasteiger partial charge in [-0.1, -0.05) is 11.6 Å². The smallest absolute Gasteiger partial charge is 0.269 e. The Kier molecular flexibility index (Phi) is 3.56. The molecule has 3 aromatic rings. The highest BCUT2D eigenvalue weighted by molar-refractivity contribution is 6.31. The fourth-order valence-corrected chi connectivity index (χ4v) is 2.59. The van der Waals surface area contributed by atoms with Crippen LogP contribution in [0, 0.1) is 21.4 Å². The molecule has 0 spiro atoms. The molecule has 0 aliphatic carbocycles. The maximum Gasteiger partial charge on any atom is 0.269 e. The second kappa shape index (κ2) is 5.55. The molecule has 0 atom stereocenters. The summed E-state index contributed by atoms with van der Waals surface area (Å²) < 4.78 is 0. The van der Waals surface area contributed by atoms with Gasteiger partial charge < -0.3 is 5.73 Å². The summed E-state index contributed by atoms with van der Waals surface area (Å²) in [5.74, 6) is 0.107. The van der Waals surface area contributed by atoms with Gasteiger partial charge in [-0.2, -0.15) is 5.26 Å². The van der Waals surface area contributed by atoms with Crippen LogP contribution >= 0.6 is 11.6 Å². The van der Waals surface area contributed by atoms with Crippen molar-refractivity contribution in [3.8, 4) is 17.2 Å². The maximum absolute atomic E-state index is 10.8. The molecular formula is C16H9ClN4O2. The zero-order chi connectivity index (χ0) is 16.6. The van der Waals surface area contributed by atoms with Crippen LogP contribution in [0.4, 0.5) is 11.5 Å². The largest absolute Gasteiger partial charge is 0.383 e. The van der Waals surface area contributed by atoms with E-state index in [0.717, 1.165) is 0 Å². The first-order chi connectivity index (χ1) is 11.0. The number of non-ortho nitro benzene ring substituents is 1. The molecule has 3 rings (SSSR count). The molecule has 2 aromatic carbocycles. The lowest BCUT2D eigenvalue weighted by atomic mass is 9.96. The average Bonchev–Trinajstić information content (AvgIpc) is 2.54. The van der Waals surface area contributed by atoms with E-state index in [2.05, 4.69) is 4.98 Å². The molecule has 1 heterocycles. The van der Waals surface area contributed by atoms with Gasteiger partial charge in [0.05, 0.1) is 10.4 Å². The Morgan fingerprint density at radius 1 is 1.22 bits per heavy atom. The van der Waals surface area contributed by atoms with Crippen molar-refractivity contribution in [2.24, 2.45) is 0 Å². The first-order valence-electron chi connectivity index (χ1n) is 6.55. The molecule has 2 N–H and O–H groups in total. The van der Waals surface area contributed by atoms with Crippen molar-refractivity contribution < 1.29 is 4.92 Å². The molecule has 0 bridgehead atoms. The topological polar surface area (TPSA) is 106 Å². The summed E-state index contributed by atoms with van der Waals surface area (Å²) in [6, 6.07) is 13.0. The lowest BCUT2D eigenvalue weighted by Gasteiger charge is -2.11. The predicted molar refractivity (Wildman–Crippen MR) is 88.0 cm³/mol. The van der Waals surface area contributed by atoms with Gasteiger partial charge in [0.15, 0.2) is 0 Å². The van der Waals surface area contributed by atoms with Crippen LogP contribution < -0.4 is 5.73 Å². The monoisotopic (exact) mass is 324 g/mol. The number of anilines is 1. The van der Waals surface area contributed by atoms with Gasteiger partial charge in [0.2, 0.25) is 0 Å². The first-order valence-corrected chi connectivity index (χ1v) is 6.92. The molecule has 0 radical (unpaired) electrons. The van der Waals surface area contributed by atoms with Gasteiger partial charge in [-0.15, -0.1) is 0 Å². The highest BCUT2D eigenvalue weighted by Gasteiger charge is 2.16. The van der Waals surface area contributed by atoms with E-state index in [0.29, 0.717) is 27.1 Å². The summed E-state index contributed by atoms with van der Waals surface area (Å²) in [7, 11) is 0. The third kappa shape index (κ3) is 2.54. The molecule has 6 nitrogen and oxygen atoms in total. The van der Waals surface area contributed by atoms with Crippen LogP contribution in [0.5, 0.6) is 0 Å². The molecule has 0 saturated heterocycles. The average molecular weight is 325 g/mol. The van der Waals surface area contributed by atoms with Crippen LogP contribution in [0.1, 0.15) is 5.56 Å². The van der Waals surface area contributed by atoms with Gasteiger partial charge in [-0.3, -0.25) is 10.1 Å². The molecule has 7 heteroatoms. The molecule has 0 saturated carbocycles. The number of nitro benzene ring substituents is 1. The molecule has 23 heavy (non-hydrogen) atoms. The van der Waals surface area contributed by atoms with E-state index in [1.54, 1.807) is 30.3 Å². The summed E-state index contributed by atoms with van der Waals surface area (Å²) in [5.41, 5.74) is 7.85. The van der Waals surface area contributed by atoms with E-state index in [1.165, 1.54) is 12.1 Å². The molecule has 112 valence electrons. The van der Waals surface area contributed by atoms with E-state index in [-0.39, 0.29) is 17.1 Å². The summed E-state index contributed by atoms with van der Waals surface area (Å²) in [6.45, 7) is 0. The van der Waals surface area contributed by atoms with Crippen LogP contribution in [0.25, 0.3) is 22.0 Å². The van der Waals surface area contributed by atoms with Crippen LogP contribution in [0.3, 0.4) is 0 Å². The minimum atomic E-state index is -0.481. The van der Waals surface area contributed by atoms with Crippen LogP contribution in [0.2, 0.25) is 5.02 Å². The first kappa shape index (κ1) is 14.8. The normalized spacial score (nSPS) is 10.4. The number of nitrogen functional groups attached to an aromatic ring is 1. The third-order valence-electron chi connectivity index (χ3n) is 3.45. The summed E-state index contributed by atoms with van der Waals surface area (Å²) in [6.07, 6.45) is 0. The summed E-state index contributed by atoms with van der Waals surface area (Å²) >= 11 is 6.05. The Hall–Kier alpha value is -3.17. The van der Waals surface area contributed by atoms with Crippen molar-refractivity contribution in [2.75, 3.05) is 5.73 Å². The lowest BCUT2D eigenvalue weighted by Crippen LogP contribution is -1.99. The van der Waals surface area contributed by atoms with Crippen molar-refractivity contribution in [1.29, 1.82) is 5.26 Å². The number of nitrogens with zero attached hydrogens (tertiary/aromatic N) is 3. The van der Waals surface area contributed by atoms with Gasteiger partial charge in [-0.05, 0) is 35.9 Å². The molecule has 0 fully saturated rings. The molecule has 0 unspecified atom stereocenters. The summed E-state index contributed by atoms with van der Waals surface area (Å²) in [5, 5.41) is 21.4. The number of rotatable bonds is 2.